The number of hydrogen-bond donors (Lipinski definition) is 8. The normalized spacial score (nSPS) is 14.0. The van der Waals surface area contributed by atoms with Gasteiger partial charge in [0, 0.05) is 47.0 Å². The minimum atomic E-state index is -1.38. The van der Waals surface area contributed by atoms with Crippen molar-refractivity contribution in [3.05, 3.63) is 72.1 Å². The number of amides is 3. The first-order chi connectivity index (χ1) is 21.4. The molecule has 13 nitrogen and oxygen atoms in total. The Balaban J connectivity index is 1.58. The van der Waals surface area contributed by atoms with E-state index in [-0.39, 0.29) is 25.2 Å². The van der Waals surface area contributed by atoms with Crippen LogP contribution in [-0.2, 0) is 36.8 Å². The zero-order valence-electron chi connectivity index (χ0n) is 25.0. The summed E-state index contributed by atoms with van der Waals surface area (Å²) in [4.78, 5) is 69.6. The van der Waals surface area contributed by atoms with Crippen LogP contribution in [0.15, 0.2) is 60.9 Å². The molecule has 4 atom stereocenters. The molecule has 2 aromatic heterocycles. The summed E-state index contributed by atoms with van der Waals surface area (Å²) >= 11 is 0. The van der Waals surface area contributed by atoms with E-state index in [1.54, 1.807) is 12.4 Å². The number of aromatic amines is 2. The molecule has 9 N–H and O–H groups in total. The number of carboxylic acid groups (broad SMARTS) is 2. The van der Waals surface area contributed by atoms with Crippen LogP contribution in [0.2, 0.25) is 0 Å². The Morgan fingerprint density at radius 3 is 1.69 bits per heavy atom. The Bertz CT molecular complexity index is 1690. The summed E-state index contributed by atoms with van der Waals surface area (Å²) in [5.74, 6) is -4.81. The largest absolute Gasteiger partial charge is 0.481 e. The van der Waals surface area contributed by atoms with Crippen LogP contribution in [0.3, 0.4) is 0 Å². The second-order valence-corrected chi connectivity index (χ2v) is 11.5. The monoisotopic (exact) mass is 618 g/mol. The summed E-state index contributed by atoms with van der Waals surface area (Å²) in [5.41, 5.74) is 8.77. The van der Waals surface area contributed by atoms with Crippen LogP contribution in [0, 0.1) is 5.92 Å². The number of carboxylic acids is 2. The van der Waals surface area contributed by atoms with Crippen molar-refractivity contribution in [1.82, 2.24) is 25.9 Å². The number of carbonyl (C=O) groups is 5. The molecule has 2 heterocycles. The molecular formula is C32H38N6O7. The number of hydrogen-bond acceptors (Lipinski definition) is 6. The number of carbonyl (C=O) groups excluding carboxylic acids is 3. The number of nitrogens with one attached hydrogen (secondary N) is 5. The van der Waals surface area contributed by atoms with Crippen LogP contribution >= 0.6 is 0 Å². The Labute approximate surface area is 258 Å². The van der Waals surface area contributed by atoms with Crippen LogP contribution in [-0.4, -0.2) is 74.0 Å². The smallest absolute Gasteiger partial charge is 0.326 e. The van der Waals surface area contributed by atoms with Crippen molar-refractivity contribution in [2.75, 3.05) is 0 Å². The lowest BCUT2D eigenvalue weighted by Gasteiger charge is -2.26. The van der Waals surface area contributed by atoms with Gasteiger partial charge in [-0.15, -0.1) is 0 Å². The second-order valence-electron chi connectivity index (χ2n) is 11.5. The van der Waals surface area contributed by atoms with Crippen molar-refractivity contribution >= 4 is 51.5 Å². The molecule has 0 aliphatic carbocycles. The molecule has 0 spiro atoms. The maximum absolute atomic E-state index is 13.8. The van der Waals surface area contributed by atoms with Crippen LogP contribution in [0.5, 0.6) is 0 Å². The van der Waals surface area contributed by atoms with E-state index < -0.39 is 60.2 Å². The topological polar surface area (TPSA) is 219 Å². The van der Waals surface area contributed by atoms with Gasteiger partial charge >= 0.3 is 11.9 Å². The molecule has 0 saturated carbocycles. The van der Waals surface area contributed by atoms with Gasteiger partial charge in [0.05, 0.1) is 12.5 Å². The first-order valence-corrected chi connectivity index (χ1v) is 14.6. The van der Waals surface area contributed by atoms with Gasteiger partial charge in [0.1, 0.15) is 18.1 Å². The number of fused-ring (bicyclic) bond motifs is 2. The predicted molar refractivity (Wildman–Crippen MR) is 167 cm³/mol. The second kappa shape index (κ2) is 14.5. The number of para-hydroxylation sites is 2. The fraction of sp³-hybridized carbons (Fsp3) is 0.344. The van der Waals surface area contributed by atoms with Crippen molar-refractivity contribution in [2.24, 2.45) is 11.7 Å². The summed E-state index contributed by atoms with van der Waals surface area (Å²) in [6.07, 6.45) is 2.98. The van der Waals surface area contributed by atoms with Crippen LogP contribution in [0.25, 0.3) is 21.8 Å². The molecule has 0 aliphatic rings. The van der Waals surface area contributed by atoms with Crippen molar-refractivity contribution in [2.45, 2.75) is 63.7 Å². The van der Waals surface area contributed by atoms with Gasteiger partial charge in [0.25, 0.3) is 0 Å². The first kappa shape index (κ1) is 32.7. The van der Waals surface area contributed by atoms with Gasteiger partial charge in [-0.3, -0.25) is 19.2 Å². The zero-order valence-corrected chi connectivity index (χ0v) is 25.0. The molecule has 4 unspecified atom stereocenters. The summed E-state index contributed by atoms with van der Waals surface area (Å²) in [6.45, 7) is 3.67. The summed E-state index contributed by atoms with van der Waals surface area (Å²) < 4.78 is 0. The van der Waals surface area contributed by atoms with Crippen molar-refractivity contribution in [1.29, 1.82) is 0 Å². The Hall–Kier alpha value is -5.17. The molecular weight excluding hydrogens is 580 g/mol. The summed E-state index contributed by atoms with van der Waals surface area (Å²) in [6, 6.07) is 9.79. The molecule has 0 saturated heterocycles. The lowest BCUT2D eigenvalue weighted by atomic mass is 9.99. The number of benzene rings is 2. The maximum atomic E-state index is 13.8. The van der Waals surface area contributed by atoms with Gasteiger partial charge in [-0.25, -0.2) is 4.79 Å². The Morgan fingerprint density at radius 1 is 0.711 bits per heavy atom. The molecule has 3 amide bonds. The third-order valence-electron chi connectivity index (χ3n) is 7.52. The fourth-order valence-electron chi connectivity index (χ4n) is 5.26. The van der Waals surface area contributed by atoms with Gasteiger partial charge in [0.2, 0.25) is 17.7 Å². The van der Waals surface area contributed by atoms with Crippen LogP contribution in [0.4, 0.5) is 0 Å². The third-order valence-corrected chi connectivity index (χ3v) is 7.52. The molecule has 2 aromatic carbocycles. The van der Waals surface area contributed by atoms with E-state index in [4.69, 9.17) is 10.8 Å². The van der Waals surface area contributed by atoms with Crippen molar-refractivity contribution in [3.63, 3.8) is 0 Å². The highest BCUT2D eigenvalue weighted by Gasteiger charge is 2.32. The predicted octanol–water partition coefficient (Wildman–Crippen LogP) is 1.82. The quantitative estimate of drug-likeness (QED) is 0.0980. The minimum Gasteiger partial charge on any atom is -0.481 e. The molecule has 0 fully saturated rings. The molecule has 13 heteroatoms. The lowest BCUT2D eigenvalue weighted by Crippen LogP contribution is -2.58. The highest BCUT2D eigenvalue weighted by molar-refractivity contribution is 5.95. The number of H-pyrrole nitrogens is 2. The van der Waals surface area contributed by atoms with E-state index in [0.29, 0.717) is 11.1 Å². The zero-order chi connectivity index (χ0) is 32.7. The molecule has 0 radical (unpaired) electrons. The lowest BCUT2D eigenvalue weighted by molar-refractivity contribution is -0.142. The van der Waals surface area contributed by atoms with E-state index in [1.165, 1.54) is 0 Å². The van der Waals surface area contributed by atoms with Gasteiger partial charge < -0.3 is 41.9 Å². The van der Waals surface area contributed by atoms with E-state index in [9.17, 15) is 29.1 Å². The van der Waals surface area contributed by atoms with E-state index in [2.05, 4.69) is 25.9 Å². The summed E-state index contributed by atoms with van der Waals surface area (Å²) in [7, 11) is 0. The Morgan fingerprint density at radius 2 is 1.18 bits per heavy atom. The van der Waals surface area contributed by atoms with Gasteiger partial charge in [-0.05, 0) is 35.6 Å². The average Bonchev–Trinajstić information content (AvgIpc) is 3.59. The highest BCUT2D eigenvalue weighted by Crippen LogP contribution is 2.21. The molecule has 45 heavy (non-hydrogen) atoms. The molecule has 0 bridgehead atoms. The van der Waals surface area contributed by atoms with Gasteiger partial charge in [-0.2, -0.15) is 0 Å². The molecule has 238 valence electrons. The molecule has 4 rings (SSSR count). The molecule has 0 aliphatic heterocycles. The molecule has 4 aromatic rings. The number of nitrogens with two attached hydrogens (primary N) is 1. The number of aliphatic carboxylic acids is 2. The van der Waals surface area contributed by atoms with Crippen LogP contribution in [0.1, 0.15) is 37.8 Å². The van der Waals surface area contributed by atoms with Crippen LogP contribution < -0.4 is 21.7 Å². The third kappa shape index (κ3) is 8.48. The van der Waals surface area contributed by atoms with Gasteiger partial charge in [-0.1, -0.05) is 50.2 Å². The van der Waals surface area contributed by atoms with Crippen molar-refractivity contribution < 1.29 is 34.2 Å². The minimum absolute atomic E-state index is 0.00760. The standard InChI is InChI=1S/C32H38N6O7/c1-17(2)11-25(36-29(41)22(33)14-28(39)40)30(42)37-26(12-18-15-34-23-9-5-3-7-20(18)23)31(43)38-27(32(44)45)13-19-16-35-24-10-6-4-8-21(19)24/h3-10,15-17,22,25-27,34-35H,11-14,33H2,1-2H3,(H,36,41)(H,37,42)(H,38,43)(H,39,40)(H,44,45). The van der Waals surface area contributed by atoms with Gasteiger partial charge in [0.15, 0.2) is 0 Å². The van der Waals surface area contributed by atoms with E-state index in [1.807, 2.05) is 62.4 Å². The number of rotatable bonds is 15. The summed E-state index contributed by atoms with van der Waals surface area (Å²) in [5, 5.41) is 28.5. The SMILES string of the molecule is CC(C)CC(NC(=O)C(N)CC(=O)O)C(=O)NC(Cc1c[nH]c2ccccc12)C(=O)NC(Cc1c[nH]c2ccccc12)C(=O)O. The number of aromatic nitrogens is 2. The Kier molecular flexibility index (Phi) is 10.6. The average molecular weight is 619 g/mol. The first-order valence-electron chi connectivity index (χ1n) is 14.6. The highest BCUT2D eigenvalue weighted by atomic mass is 16.4. The van der Waals surface area contributed by atoms with E-state index in [0.717, 1.165) is 21.8 Å². The fourth-order valence-corrected chi connectivity index (χ4v) is 5.26. The maximum Gasteiger partial charge on any atom is 0.326 e. The van der Waals surface area contributed by atoms with Crippen molar-refractivity contribution in [3.8, 4) is 0 Å². The van der Waals surface area contributed by atoms with E-state index >= 15 is 0 Å².